The lowest BCUT2D eigenvalue weighted by atomic mass is 10.1. The van der Waals surface area contributed by atoms with E-state index in [-0.39, 0.29) is 24.3 Å². The monoisotopic (exact) mass is 466 g/mol. The van der Waals surface area contributed by atoms with Crippen molar-refractivity contribution in [3.8, 4) is 11.9 Å². The van der Waals surface area contributed by atoms with Crippen molar-refractivity contribution in [2.45, 2.75) is 44.5 Å². The molecule has 2 aliphatic rings. The van der Waals surface area contributed by atoms with E-state index in [1.54, 1.807) is 11.1 Å². The van der Waals surface area contributed by atoms with E-state index in [1.807, 2.05) is 0 Å². The molecule has 178 valence electrons. The highest BCUT2D eigenvalue weighted by atomic mass is 19.4. The molecule has 12 heteroatoms. The van der Waals surface area contributed by atoms with Crippen molar-refractivity contribution in [1.82, 2.24) is 15.1 Å². The Kier molecular flexibility index (Phi) is 7.97. The van der Waals surface area contributed by atoms with Crippen LogP contribution < -0.4 is 15.4 Å². The molecule has 0 aliphatic carbocycles. The zero-order chi connectivity index (χ0) is 23.8. The van der Waals surface area contributed by atoms with Crippen LogP contribution in [-0.4, -0.2) is 66.2 Å². The van der Waals surface area contributed by atoms with E-state index in [0.29, 0.717) is 31.7 Å². The number of hydrogen-bond acceptors (Lipinski definition) is 5. The highest BCUT2D eigenvalue weighted by Gasteiger charge is 2.31. The van der Waals surface area contributed by atoms with Gasteiger partial charge >= 0.3 is 6.36 Å². The minimum atomic E-state index is -4.80. The number of carbonyl (C=O) groups excluding carboxylic acids is 2. The maximum atomic E-state index is 13.1. The Bertz CT molecular complexity index is 907. The number of hydrogen-bond donors (Lipinski definition) is 2. The Morgan fingerprint density at radius 3 is 2.45 bits per heavy atom. The van der Waals surface area contributed by atoms with Gasteiger partial charge in [-0.2, -0.15) is 5.26 Å². The van der Waals surface area contributed by atoms with Gasteiger partial charge in [-0.1, -0.05) is 0 Å². The molecule has 33 heavy (non-hydrogen) atoms. The zero-order valence-corrected chi connectivity index (χ0v) is 17.9. The second-order valence-electron chi connectivity index (χ2n) is 7.77. The summed E-state index contributed by atoms with van der Waals surface area (Å²) in [6.07, 6.45) is 0.759. The molecule has 0 bridgehead atoms. The Labute approximate surface area is 189 Å². The molecule has 2 fully saturated rings. The van der Waals surface area contributed by atoms with Crippen LogP contribution in [0, 0.1) is 11.5 Å². The van der Waals surface area contributed by atoms with Gasteiger partial charge in [-0.25, -0.2) is 4.99 Å². The summed E-state index contributed by atoms with van der Waals surface area (Å²) in [6, 6.07) is 4.08. The summed E-state index contributed by atoms with van der Waals surface area (Å²) in [5.74, 6) is -0.793. The largest absolute Gasteiger partial charge is 0.573 e. The van der Waals surface area contributed by atoms with E-state index in [4.69, 9.17) is 5.26 Å². The Morgan fingerprint density at radius 2 is 1.82 bits per heavy atom. The molecule has 1 aromatic carbocycles. The molecule has 2 N–H and O–H groups in total. The second kappa shape index (κ2) is 10.9. The lowest BCUT2D eigenvalue weighted by Crippen LogP contribution is -2.45. The predicted octanol–water partition coefficient (Wildman–Crippen LogP) is 2.43. The van der Waals surface area contributed by atoms with Crippen molar-refractivity contribution in [1.29, 1.82) is 5.26 Å². The van der Waals surface area contributed by atoms with Crippen molar-refractivity contribution in [2.24, 2.45) is 4.99 Å². The molecule has 0 saturated carbocycles. The first kappa shape index (κ1) is 24.2. The predicted molar refractivity (Wildman–Crippen MR) is 113 cm³/mol. The Balaban J connectivity index is 1.69. The number of carbonyl (C=O) groups is 2. The fourth-order valence-electron chi connectivity index (χ4n) is 3.77. The maximum Gasteiger partial charge on any atom is 0.573 e. The van der Waals surface area contributed by atoms with Crippen LogP contribution in [0.15, 0.2) is 29.3 Å². The van der Waals surface area contributed by atoms with Gasteiger partial charge in [0.25, 0.3) is 0 Å². The first-order valence-corrected chi connectivity index (χ1v) is 10.7. The van der Waals surface area contributed by atoms with Gasteiger partial charge in [-0.05, 0) is 56.4 Å². The van der Waals surface area contributed by atoms with E-state index < -0.39 is 18.2 Å². The summed E-state index contributed by atoms with van der Waals surface area (Å²) in [4.78, 5) is 33.2. The lowest BCUT2D eigenvalue weighted by molar-refractivity contribution is -0.274. The van der Waals surface area contributed by atoms with Crippen molar-refractivity contribution in [3.05, 3.63) is 24.3 Å². The minimum Gasteiger partial charge on any atom is -0.406 e. The van der Waals surface area contributed by atoms with E-state index in [2.05, 4.69) is 20.4 Å². The van der Waals surface area contributed by atoms with Crippen LogP contribution in [0.25, 0.3) is 0 Å². The first-order valence-electron chi connectivity index (χ1n) is 10.7. The van der Waals surface area contributed by atoms with E-state index >= 15 is 0 Å². The Morgan fingerprint density at radius 1 is 1.15 bits per heavy atom. The number of rotatable bonds is 5. The number of aliphatic imine (C=N–C) groups is 1. The van der Waals surface area contributed by atoms with Crippen LogP contribution in [0.5, 0.6) is 5.75 Å². The molecule has 2 aliphatic heterocycles. The minimum absolute atomic E-state index is 0.0000383. The number of halogens is 3. The number of nitrogens with one attached hydrogen (secondary N) is 2. The number of nitriles is 1. The average molecular weight is 466 g/mol. The van der Waals surface area contributed by atoms with Gasteiger partial charge in [0.1, 0.15) is 11.8 Å². The molecule has 3 rings (SSSR count). The molecule has 1 atom stereocenters. The molecular formula is C21H25F3N6O3. The third-order valence-electron chi connectivity index (χ3n) is 5.35. The van der Waals surface area contributed by atoms with Crippen molar-refractivity contribution in [2.75, 3.05) is 31.5 Å². The number of benzene rings is 1. The number of alkyl halides is 3. The van der Waals surface area contributed by atoms with Crippen LogP contribution >= 0.6 is 0 Å². The third-order valence-corrected chi connectivity index (χ3v) is 5.35. The topological polar surface area (TPSA) is 110 Å². The second-order valence-corrected chi connectivity index (χ2v) is 7.77. The third kappa shape index (κ3) is 7.27. The fraction of sp³-hybridized carbons (Fsp3) is 0.524. The molecule has 0 unspecified atom stereocenters. The van der Waals surface area contributed by atoms with Crippen LogP contribution in [0.2, 0.25) is 0 Å². The highest BCUT2D eigenvalue weighted by molar-refractivity contribution is 5.97. The summed E-state index contributed by atoms with van der Waals surface area (Å²) in [7, 11) is 0. The van der Waals surface area contributed by atoms with Crippen molar-refractivity contribution in [3.63, 3.8) is 0 Å². The van der Waals surface area contributed by atoms with E-state index in [1.165, 1.54) is 17.0 Å². The molecule has 2 amide bonds. The summed E-state index contributed by atoms with van der Waals surface area (Å²) in [5, 5.41) is 14.2. The van der Waals surface area contributed by atoms with Crippen LogP contribution in [0.3, 0.4) is 0 Å². The van der Waals surface area contributed by atoms with Crippen molar-refractivity contribution < 1.29 is 27.5 Å². The first-order chi connectivity index (χ1) is 15.7. The van der Waals surface area contributed by atoms with Gasteiger partial charge in [0, 0.05) is 25.3 Å². The molecule has 1 aromatic rings. The SMILES string of the molecule is N#CNC(=N[C@H]1CCCCN(CC(=O)N2CCCC2)C1=O)Nc1ccc(OC(F)(F)F)cc1. The van der Waals surface area contributed by atoms with Gasteiger partial charge < -0.3 is 19.9 Å². The van der Waals surface area contributed by atoms with E-state index in [0.717, 1.165) is 37.8 Å². The molecular weight excluding hydrogens is 441 g/mol. The summed E-state index contributed by atoms with van der Waals surface area (Å²) in [6.45, 7) is 1.87. The molecule has 9 nitrogen and oxygen atoms in total. The zero-order valence-electron chi connectivity index (χ0n) is 17.9. The molecule has 0 spiro atoms. The highest BCUT2D eigenvalue weighted by Crippen LogP contribution is 2.24. The maximum absolute atomic E-state index is 13.1. The lowest BCUT2D eigenvalue weighted by Gasteiger charge is -2.25. The number of guanidine groups is 1. The summed E-state index contributed by atoms with van der Waals surface area (Å²) in [5.41, 5.74) is 0.341. The standard InChI is InChI=1S/C21H25F3N6O3/c22-21(23,24)33-16-8-6-15(7-9-16)27-20(26-14-25)28-17-5-1-2-12-30(19(17)32)13-18(31)29-10-3-4-11-29/h6-9,17H,1-5,10-13H2,(H2,26,27,28)/t17-/m0/s1. The normalized spacial score (nSPS) is 19.6. The summed E-state index contributed by atoms with van der Waals surface area (Å²) < 4.78 is 40.8. The van der Waals surface area contributed by atoms with Gasteiger partial charge in [-0.15, -0.1) is 13.2 Å². The fourth-order valence-corrected chi connectivity index (χ4v) is 3.77. The van der Waals surface area contributed by atoms with Gasteiger partial charge in [0.05, 0.1) is 6.54 Å². The molecule has 2 saturated heterocycles. The van der Waals surface area contributed by atoms with Gasteiger partial charge in [0.15, 0.2) is 6.19 Å². The van der Waals surface area contributed by atoms with Crippen LogP contribution in [0.4, 0.5) is 18.9 Å². The van der Waals surface area contributed by atoms with Crippen LogP contribution in [-0.2, 0) is 9.59 Å². The quantitative estimate of drug-likeness (QED) is 0.299. The number of nitrogens with zero attached hydrogens (tertiary/aromatic N) is 4. The molecule has 0 radical (unpaired) electrons. The van der Waals surface area contributed by atoms with Crippen LogP contribution in [0.1, 0.15) is 32.1 Å². The summed E-state index contributed by atoms with van der Waals surface area (Å²) >= 11 is 0. The van der Waals surface area contributed by atoms with E-state index in [9.17, 15) is 22.8 Å². The number of ether oxygens (including phenoxy) is 1. The van der Waals surface area contributed by atoms with Gasteiger partial charge in [-0.3, -0.25) is 14.9 Å². The van der Waals surface area contributed by atoms with Crippen molar-refractivity contribution >= 4 is 23.5 Å². The Hall–Kier alpha value is -3.49. The van der Waals surface area contributed by atoms with Gasteiger partial charge in [0.2, 0.25) is 17.8 Å². The number of likely N-dealkylation sites (tertiary alicyclic amines) is 2. The number of anilines is 1. The smallest absolute Gasteiger partial charge is 0.406 e. The molecule has 0 aromatic heterocycles. The average Bonchev–Trinajstić information content (AvgIpc) is 3.24. The number of amides is 2. The molecule has 2 heterocycles.